The van der Waals surface area contributed by atoms with Crippen molar-refractivity contribution in [3.05, 3.63) is 76.2 Å². The van der Waals surface area contributed by atoms with Gasteiger partial charge in [-0.05, 0) is 36.2 Å². The first-order chi connectivity index (χ1) is 14.8. The maximum Gasteiger partial charge on any atom is 0.286 e. The van der Waals surface area contributed by atoms with Crippen LogP contribution in [0.1, 0.15) is 16.1 Å². The van der Waals surface area contributed by atoms with E-state index in [0.717, 1.165) is 11.3 Å². The summed E-state index contributed by atoms with van der Waals surface area (Å²) in [5, 5.41) is 15.7. The third-order valence-corrected chi connectivity index (χ3v) is 5.88. The molecular weight excluding hydrogens is 420 g/mol. The number of nitrogens with one attached hydrogen (secondary N) is 1. The minimum Gasteiger partial charge on any atom is -0.350 e. The Morgan fingerprint density at radius 2 is 1.74 bits per heavy atom. The predicted molar refractivity (Wildman–Crippen MR) is 114 cm³/mol. The van der Waals surface area contributed by atoms with E-state index in [1.807, 2.05) is 35.2 Å². The van der Waals surface area contributed by atoms with Crippen molar-refractivity contribution in [3.63, 3.8) is 0 Å². The fraction of sp³-hybridized carbons (Fsp3) is 0.200. The molecule has 10 nitrogen and oxygen atoms in total. The summed E-state index contributed by atoms with van der Waals surface area (Å²) in [5.74, 6) is -0.199. The number of benzene rings is 2. The zero-order chi connectivity index (χ0) is 22.0. The Hall–Kier alpha value is -3.57. The van der Waals surface area contributed by atoms with E-state index in [1.54, 1.807) is 12.1 Å². The summed E-state index contributed by atoms with van der Waals surface area (Å²) < 4.78 is 24.0. The Labute approximate surface area is 178 Å². The van der Waals surface area contributed by atoms with E-state index >= 15 is 0 Å². The molecule has 1 aliphatic heterocycles. The van der Waals surface area contributed by atoms with Crippen LogP contribution in [0, 0.1) is 0 Å². The van der Waals surface area contributed by atoms with Crippen LogP contribution in [0.3, 0.4) is 0 Å². The van der Waals surface area contributed by atoms with E-state index in [9.17, 15) is 18.0 Å². The van der Waals surface area contributed by atoms with Gasteiger partial charge < -0.3 is 10.2 Å². The van der Waals surface area contributed by atoms with Crippen LogP contribution in [-0.2, 0) is 23.0 Å². The van der Waals surface area contributed by atoms with Crippen molar-refractivity contribution >= 4 is 27.6 Å². The highest BCUT2D eigenvalue weighted by Gasteiger charge is 2.27. The monoisotopic (exact) mass is 440 g/mol. The number of carbonyl (C=O) groups is 1. The van der Waals surface area contributed by atoms with Crippen molar-refractivity contribution in [3.8, 4) is 0 Å². The minimum atomic E-state index is -3.75. The average Bonchev–Trinajstić information content (AvgIpc) is 3.19. The molecule has 0 fully saturated rings. The molecule has 0 spiro atoms. The molecule has 4 rings (SSSR count). The Morgan fingerprint density at radius 1 is 1.03 bits per heavy atom. The summed E-state index contributed by atoms with van der Waals surface area (Å²) in [5.41, 5.74) is 0.956. The summed E-state index contributed by atoms with van der Waals surface area (Å²) >= 11 is 0. The number of rotatable bonds is 6. The Balaban J connectivity index is 1.42. The molecule has 0 bridgehead atoms. The van der Waals surface area contributed by atoms with Crippen molar-refractivity contribution in [1.29, 1.82) is 0 Å². The normalized spacial score (nSPS) is 13.1. The van der Waals surface area contributed by atoms with Crippen molar-refractivity contribution in [2.75, 3.05) is 18.0 Å². The van der Waals surface area contributed by atoms with Crippen LogP contribution in [0.4, 0.5) is 11.6 Å². The SMILES string of the molecule is NS(=O)(=O)c1ccc(CCNC(=O)c2nnc3n(c2=O)CCN3c2ccccc2)cc1. The van der Waals surface area contributed by atoms with Gasteiger partial charge in [-0.1, -0.05) is 30.3 Å². The van der Waals surface area contributed by atoms with Crippen LogP contribution in [0.5, 0.6) is 0 Å². The van der Waals surface area contributed by atoms with Crippen LogP contribution < -0.4 is 20.9 Å². The number of hydrogen-bond donors (Lipinski definition) is 2. The third kappa shape index (κ3) is 4.32. The van der Waals surface area contributed by atoms with Crippen molar-refractivity contribution < 1.29 is 13.2 Å². The number of carbonyl (C=O) groups excluding carboxylic acids is 1. The van der Waals surface area contributed by atoms with E-state index in [1.165, 1.54) is 16.7 Å². The predicted octanol–water partition coefficient (Wildman–Crippen LogP) is 0.410. The van der Waals surface area contributed by atoms with Crippen LogP contribution in [0.15, 0.2) is 64.3 Å². The molecule has 0 saturated heterocycles. The summed E-state index contributed by atoms with van der Waals surface area (Å²) in [6.45, 7) is 1.22. The lowest BCUT2D eigenvalue weighted by Gasteiger charge is -2.16. The molecule has 2 heterocycles. The highest BCUT2D eigenvalue weighted by molar-refractivity contribution is 7.89. The standard InChI is InChI=1S/C20H20N6O4S/c21-31(29,30)16-8-6-14(7-9-16)10-11-22-18(27)17-19(28)26-13-12-25(20(26)24-23-17)15-4-2-1-3-5-15/h1-9H,10-13H2,(H,22,27)(H2,21,29,30). The van der Waals surface area contributed by atoms with Gasteiger partial charge in [-0.15, -0.1) is 10.2 Å². The summed E-state index contributed by atoms with van der Waals surface area (Å²) in [6, 6.07) is 15.6. The molecular formula is C20H20N6O4S. The zero-order valence-electron chi connectivity index (χ0n) is 16.4. The van der Waals surface area contributed by atoms with Gasteiger partial charge in [-0.2, -0.15) is 0 Å². The van der Waals surface area contributed by atoms with Gasteiger partial charge in [-0.3, -0.25) is 14.2 Å². The number of sulfonamides is 1. The number of nitrogens with two attached hydrogens (primary N) is 1. The van der Waals surface area contributed by atoms with Crippen molar-refractivity contribution in [1.82, 2.24) is 20.1 Å². The molecule has 0 atom stereocenters. The van der Waals surface area contributed by atoms with Crippen LogP contribution in [-0.4, -0.2) is 42.2 Å². The topological polar surface area (TPSA) is 140 Å². The quantitative estimate of drug-likeness (QED) is 0.566. The first-order valence-corrected chi connectivity index (χ1v) is 11.1. The molecule has 3 N–H and O–H groups in total. The summed E-state index contributed by atoms with van der Waals surface area (Å²) in [7, 11) is -3.75. The van der Waals surface area contributed by atoms with E-state index in [0.29, 0.717) is 25.5 Å². The van der Waals surface area contributed by atoms with Gasteiger partial charge >= 0.3 is 0 Å². The number of nitrogens with zero attached hydrogens (tertiary/aromatic N) is 4. The number of aromatic nitrogens is 3. The molecule has 0 saturated carbocycles. The zero-order valence-corrected chi connectivity index (χ0v) is 17.2. The molecule has 1 aromatic heterocycles. The van der Waals surface area contributed by atoms with Crippen LogP contribution in [0.25, 0.3) is 0 Å². The molecule has 160 valence electrons. The Morgan fingerprint density at radius 3 is 2.42 bits per heavy atom. The minimum absolute atomic E-state index is 0.0197. The lowest BCUT2D eigenvalue weighted by Crippen LogP contribution is -2.35. The Bertz CT molecular complexity index is 1270. The van der Waals surface area contributed by atoms with E-state index in [-0.39, 0.29) is 17.1 Å². The highest BCUT2D eigenvalue weighted by Crippen LogP contribution is 2.25. The molecule has 31 heavy (non-hydrogen) atoms. The second-order valence-corrected chi connectivity index (χ2v) is 8.55. The third-order valence-electron chi connectivity index (χ3n) is 4.95. The molecule has 11 heteroatoms. The first kappa shape index (κ1) is 20.7. The average molecular weight is 440 g/mol. The molecule has 0 radical (unpaired) electrons. The van der Waals surface area contributed by atoms with Crippen molar-refractivity contribution in [2.24, 2.45) is 5.14 Å². The molecule has 0 unspecified atom stereocenters. The molecule has 2 aromatic carbocycles. The second-order valence-electron chi connectivity index (χ2n) is 6.99. The van der Waals surface area contributed by atoms with Gasteiger partial charge in [0.2, 0.25) is 21.7 Å². The largest absolute Gasteiger partial charge is 0.350 e. The molecule has 3 aromatic rings. The molecule has 0 aliphatic carbocycles. The van der Waals surface area contributed by atoms with Gasteiger partial charge in [-0.25, -0.2) is 13.6 Å². The van der Waals surface area contributed by atoms with Crippen LogP contribution in [0.2, 0.25) is 0 Å². The smallest absolute Gasteiger partial charge is 0.286 e. The number of amides is 1. The number of hydrogen-bond acceptors (Lipinski definition) is 7. The number of fused-ring (bicyclic) bond motifs is 1. The maximum absolute atomic E-state index is 12.7. The van der Waals surface area contributed by atoms with E-state index < -0.39 is 21.5 Å². The number of anilines is 2. The molecule has 1 amide bonds. The molecule has 1 aliphatic rings. The fourth-order valence-electron chi connectivity index (χ4n) is 3.36. The summed E-state index contributed by atoms with van der Waals surface area (Å²) in [4.78, 5) is 27.1. The fourth-order valence-corrected chi connectivity index (χ4v) is 3.87. The van der Waals surface area contributed by atoms with Gasteiger partial charge in [0, 0.05) is 25.3 Å². The Kier molecular flexibility index (Phi) is 5.53. The van der Waals surface area contributed by atoms with Gasteiger partial charge in [0.15, 0.2) is 0 Å². The van der Waals surface area contributed by atoms with Gasteiger partial charge in [0.25, 0.3) is 11.5 Å². The number of para-hydroxylation sites is 1. The maximum atomic E-state index is 12.7. The number of primary sulfonamides is 1. The van der Waals surface area contributed by atoms with E-state index in [4.69, 9.17) is 5.14 Å². The summed E-state index contributed by atoms with van der Waals surface area (Å²) in [6.07, 6.45) is 0.443. The lowest BCUT2D eigenvalue weighted by molar-refractivity contribution is 0.0945. The second kappa shape index (κ2) is 8.28. The highest BCUT2D eigenvalue weighted by atomic mass is 32.2. The van der Waals surface area contributed by atoms with E-state index in [2.05, 4.69) is 15.5 Å². The van der Waals surface area contributed by atoms with Crippen LogP contribution >= 0.6 is 0 Å². The first-order valence-electron chi connectivity index (χ1n) is 9.54. The van der Waals surface area contributed by atoms with Gasteiger partial charge in [0.05, 0.1) is 4.90 Å². The van der Waals surface area contributed by atoms with Crippen molar-refractivity contribution in [2.45, 2.75) is 17.9 Å². The van der Waals surface area contributed by atoms with Gasteiger partial charge in [0.1, 0.15) is 0 Å². The lowest BCUT2D eigenvalue weighted by atomic mass is 10.1.